The zero-order valence-electron chi connectivity index (χ0n) is 8.44. The smallest absolute Gasteiger partial charge is 0.273 e. The van der Waals surface area contributed by atoms with Gasteiger partial charge in [0, 0.05) is 7.05 Å². The highest BCUT2D eigenvalue weighted by molar-refractivity contribution is 6.29. The zero-order chi connectivity index (χ0) is 11.4. The summed E-state index contributed by atoms with van der Waals surface area (Å²) in [7, 11) is 1.55. The average Bonchev–Trinajstić information content (AvgIpc) is 2.26. The summed E-state index contributed by atoms with van der Waals surface area (Å²) in [5.41, 5.74) is 0.243. The van der Waals surface area contributed by atoms with Crippen LogP contribution in [0.25, 0.3) is 0 Å². The van der Waals surface area contributed by atoms with Gasteiger partial charge in [-0.05, 0) is 19.1 Å². The van der Waals surface area contributed by atoms with Crippen molar-refractivity contribution in [2.24, 2.45) is 0 Å². The average molecular weight is 224 g/mol. The number of nitrogens with zero attached hydrogens (tertiary/aromatic N) is 3. The minimum Gasteiger partial charge on any atom is -0.325 e. The Hall–Kier alpha value is -1.60. The second kappa shape index (κ2) is 4.76. The summed E-state index contributed by atoms with van der Waals surface area (Å²) in [5, 5.41) is 8.93. The molecular formula is C10H10ClN3O. The van der Waals surface area contributed by atoms with Crippen LogP contribution in [0.1, 0.15) is 17.4 Å². The van der Waals surface area contributed by atoms with E-state index < -0.39 is 6.04 Å². The fraction of sp³-hybridized carbons (Fsp3) is 0.300. The van der Waals surface area contributed by atoms with Crippen molar-refractivity contribution in [1.29, 1.82) is 5.26 Å². The standard InChI is InChI=1S/C10H10ClN3O/c1-7(6-12)14(2)10(15)8-4-3-5-9(11)13-8/h3-5,7H,1-2H3. The van der Waals surface area contributed by atoms with Crippen molar-refractivity contribution in [2.75, 3.05) is 7.05 Å². The minimum atomic E-state index is -0.488. The van der Waals surface area contributed by atoms with Crippen molar-refractivity contribution < 1.29 is 4.79 Å². The van der Waals surface area contributed by atoms with Gasteiger partial charge in [0.15, 0.2) is 0 Å². The molecule has 1 heterocycles. The van der Waals surface area contributed by atoms with Gasteiger partial charge in [0.1, 0.15) is 16.9 Å². The molecule has 15 heavy (non-hydrogen) atoms. The van der Waals surface area contributed by atoms with E-state index in [9.17, 15) is 4.79 Å². The fourth-order valence-corrected chi connectivity index (χ4v) is 1.13. The maximum absolute atomic E-state index is 11.8. The molecule has 0 fully saturated rings. The molecule has 1 amide bonds. The number of hydrogen-bond acceptors (Lipinski definition) is 3. The summed E-state index contributed by atoms with van der Waals surface area (Å²) in [5.74, 6) is -0.313. The Morgan fingerprint density at radius 3 is 2.87 bits per heavy atom. The second-order valence-electron chi connectivity index (χ2n) is 3.07. The van der Waals surface area contributed by atoms with E-state index in [1.54, 1.807) is 32.2 Å². The fourth-order valence-electron chi connectivity index (χ4n) is 0.971. The maximum Gasteiger partial charge on any atom is 0.273 e. The van der Waals surface area contributed by atoms with E-state index in [1.807, 2.05) is 6.07 Å². The second-order valence-corrected chi connectivity index (χ2v) is 3.45. The summed E-state index contributed by atoms with van der Waals surface area (Å²) in [6.45, 7) is 1.64. The monoisotopic (exact) mass is 223 g/mol. The Morgan fingerprint density at radius 2 is 2.33 bits per heavy atom. The Bertz CT molecular complexity index is 413. The summed E-state index contributed by atoms with van der Waals surface area (Å²) >= 11 is 5.66. The van der Waals surface area contributed by atoms with Crippen molar-refractivity contribution in [3.05, 3.63) is 29.0 Å². The van der Waals surface area contributed by atoms with Gasteiger partial charge >= 0.3 is 0 Å². The highest BCUT2D eigenvalue weighted by Gasteiger charge is 2.17. The first-order chi connectivity index (χ1) is 7.06. The van der Waals surface area contributed by atoms with Crippen LogP contribution in [-0.4, -0.2) is 28.9 Å². The number of aromatic nitrogens is 1. The van der Waals surface area contributed by atoms with Crippen LogP contribution in [0.3, 0.4) is 0 Å². The van der Waals surface area contributed by atoms with E-state index in [0.717, 1.165) is 0 Å². The first-order valence-corrected chi connectivity index (χ1v) is 4.73. The molecule has 0 spiro atoms. The predicted molar refractivity (Wildman–Crippen MR) is 56.4 cm³/mol. The van der Waals surface area contributed by atoms with Crippen LogP contribution < -0.4 is 0 Å². The number of carbonyl (C=O) groups excluding carboxylic acids is 1. The molecule has 1 atom stereocenters. The Balaban J connectivity index is 2.91. The lowest BCUT2D eigenvalue weighted by Gasteiger charge is -2.18. The van der Waals surface area contributed by atoms with Crippen molar-refractivity contribution in [3.63, 3.8) is 0 Å². The number of pyridine rings is 1. The van der Waals surface area contributed by atoms with Crippen LogP contribution in [0.2, 0.25) is 5.15 Å². The van der Waals surface area contributed by atoms with Crippen LogP contribution in [-0.2, 0) is 0 Å². The number of rotatable bonds is 2. The van der Waals surface area contributed by atoms with E-state index >= 15 is 0 Å². The van der Waals surface area contributed by atoms with Crippen LogP contribution in [0.4, 0.5) is 0 Å². The van der Waals surface area contributed by atoms with Gasteiger partial charge in [-0.25, -0.2) is 4.98 Å². The molecule has 1 unspecified atom stereocenters. The zero-order valence-corrected chi connectivity index (χ0v) is 9.19. The molecule has 0 aliphatic carbocycles. The molecule has 1 aromatic rings. The molecule has 0 saturated carbocycles. The molecular weight excluding hydrogens is 214 g/mol. The maximum atomic E-state index is 11.8. The lowest BCUT2D eigenvalue weighted by Crippen LogP contribution is -2.34. The summed E-state index contributed by atoms with van der Waals surface area (Å²) < 4.78 is 0. The van der Waals surface area contributed by atoms with E-state index in [4.69, 9.17) is 16.9 Å². The molecule has 78 valence electrons. The third-order valence-corrected chi connectivity index (χ3v) is 2.23. The number of amides is 1. The van der Waals surface area contributed by atoms with Crippen molar-refractivity contribution >= 4 is 17.5 Å². The lowest BCUT2D eigenvalue weighted by molar-refractivity contribution is 0.0767. The molecule has 0 aliphatic rings. The molecule has 0 N–H and O–H groups in total. The highest BCUT2D eigenvalue weighted by atomic mass is 35.5. The van der Waals surface area contributed by atoms with Crippen LogP contribution in [0, 0.1) is 11.3 Å². The molecule has 1 aromatic heterocycles. The number of carbonyl (C=O) groups is 1. The van der Waals surface area contributed by atoms with Crippen LogP contribution in [0.15, 0.2) is 18.2 Å². The van der Waals surface area contributed by atoms with Crippen LogP contribution >= 0.6 is 11.6 Å². The molecule has 0 saturated heterocycles. The SMILES string of the molecule is CC(C#N)N(C)C(=O)c1cccc(Cl)n1. The predicted octanol–water partition coefficient (Wildman–Crippen LogP) is 1.72. The van der Waals surface area contributed by atoms with Gasteiger partial charge in [-0.15, -0.1) is 0 Å². The van der Waals surface area contributed by atoms with Crippen LogP contribution in [0.5, 0.6) is 0 Å². The lowest BCUT2D eigenvalue weighted by atomic mass is 10.2. The van der Waals surface area contributed by atoms with E-state index in [-0.39, 0.29) is 16.8 Å². The molecule has 0 aromatic carbocycles. The number of halogens is 1. The normalized spacial score (nSPS) is 11.6. The first kappa shape index (κ1) is 11.5. The molecule has 1 rings (SSSR count). The molecule has 0 radical (unpaired) electrons. The Labute approximate surface area is 93.1 Å². The minimum absolute atomic E-state index is 0.243. The summed E-state index contributed by atoms with van der Waals surface area (Å²) in [6, 6.07) is 6.29. The van der Waals surface area contributed by atoms with Crippen molar-refractivity contribution in [3.8, 4) is 6.07 Å². The molecule has 4 nitrogen and oxygen atoms in total. The van der Waals surface area contributed by atoms with E-state index in [0.29, 0.717) is 0 Å². The Morgan fingerprint density at radius 1 is 1.67 bits per heavy atom. The third kappa shape index (κ3) is 2.67. The number of hydrogen-bond donors (Lipinski definition) is 0. The van der Waals surface area contributed by atoms with E-state index in [2.05, 4.69) is 4.98 Å². The highest BCUT2D eigenvalue weighted by Crippen LogP contribution is 2.08. The summed E-state index contributed by atoms with van der Waals surface area (Å²) in [6.07, 6.45) is 0. The van der Waals surface area contributed by atoms with Gasteiger partial charge in [-0.3, -0.25) is 4.79 Å². The van der Waals surface area contributed by atoms with Crippen molar-refractivity contribution in [1.82, 2.24) is 9.88 Å². The van der Waals surface area contributed by atoms with Gasteiger partial charge in [0.2, 0.25) is 0 Å². The molecule has 0 aliphatic heterocycles. The van der Waals surface area contributed by atoms with Gasteiger partial charge < -0.3 is 4.90 Å². The first-order valence-electron chi connectivity index (χ1n) is 4.35. The largest absolute Gasteiger partial charge is 0.325 e. The molecule has 0 bridgehead atoms. The molecule has 5 heteroatoms. The van der Waals surface area contributed by atoms with E-state index in [1.165, 1.54) is 4.90 Å². The Kier molecular flexibility index (Phi) is 3.64. The summed E-state index contributed by atoms with van der Waals surface area (Å²) in [4.78, 5) is 16.9. The van der Waals surface area contributed by atoms with Gasteiger partial charge in [-0.2, -0.15) is 5.26 Å². The van der Waals surface area contributed by atoms with Crippen molar-refractivity contribution in [2.45, 2.75) is 13.0 Å². The quantitative estimate of drug-likeness (QED) is 0.718. The third-order valence-electron chi connectivity index (χ3n) is 2.02. The van der Waals surface area contributed by atoms with Gasteiger partial charge in [-0.1, -0.05) is 17.7 Å². The topological polar surface area (TPSA) is 57.0 Å². The van der Waals surface area contributed by atoms with Gasteiger partial charge in [0.05, 0.1) is 6.07 Å². The van der Waals surface area contributed by atoms with Gasteiger partial charge in [0.25, 0.3) is 5.91 Å². The number of nitriles is 1.